The highest BCUT2D eigenvalue weighted by Crippen LogP contribution is 2.24. The third-order valence-corrected chi connectivity index (χ3v) is 3.87. The van der Waals surface area contributed by atoms with Crippen LogP contribution >= 0.6 is 27.5 Å². The molecule has 0 fully saturated rings. The molecular formula is C17H13BrClNO3. The normalized spacial score (nSPS) is 11.2. The summed E-state index contributed by atoms with van der Waals surface area (Å²) >= 11 is 9.37. The molecule has 0 aromatic heterocycles. The summed E-state index contributed by atoms with van der Waals surface area (Å²) in [5, 5.41) is 11.9. The second-order valence-electron chi connectivity index (χ2n) is 4.84. The molecule has 0 saturated heterocycles. The fourth-order valence-corrected chi connectivity index (χ4v) is 2.47. The lowest BCUT2D eigenvalue weighted by molar-refractivity contribution is -0.112. The van der Waals surface area contributed by atoms with Crippen LogP contribution in [0.5, 0.6) is 0 Å². The molecule has 0 aliphatic heterocycles. The number of aromatic carboxylic acids is 1. The molecular weight excluding hydrogens is 382 g/mol. The zero-order chi connectivity index (χ0) is 17.0. The molecule has 2 N–H and O–H groups in total. The van der Waals surface area contributed by atoms with Crippen LogP contribution in [0, 0.1) is 0 Å². The summed E-state index contributed by atoms with van der Waals surface area (Å²) in [4.78, 5) is 23.2. The Morgan fingerprint density at radius 1 is 1.22 bits per heavy atom. The first kappa shape index (κ1) is 17.2. The molecule has 0 saturated carbocycles. The fraction of sp³-hybridized carbons (Fsp3) is 0.0588. The predicted octanol–water partition coefficient (Wildman–Crippen LogP) is 4.84. The molecule has 0 unspecified atom stereocenters. The first-order valence-corrected chi connectivity index (χ1v) is 7.82. The van der Waals surface area contributed by atoms with E-state index in [-0.39, 0.29) is 22.2 Å². The Labute approximate surface area is 146 Å². The molecule has 4 nitrogen and oxygen atoms in total. The highest BCUT2D eigenvalue weighted by Gasteiger charge is 2.11. The maximum absolute atomic E-state index is 12.2. The highest BCUT2D eigenvalue weighted by molar-refractivity contribution is 9.10. The lowest BCUT2D eigenvalue weighted by atomic mass is 10.1. The molecule has 2 rings (SSSR count). The van der Waals surface area contributed by atoms with Gasteiger partial charge in [0.25, 0.3) is 5.91 Å². The zero-order valence-electron chi connectivity index (χ0n) is 12.1. The van der Waals surface area contributed by atoms with Gasteiger partial charge in [-0.2, -0.15) is 0 Å². The molecule has 1 amide bonds. The first-order valence-electron chi connectivity index (χ1n) is 6.65. The predicted molar refractivity (Wildman–Crippen MR) is 94.8 cm³/mol. The van der Waals surface area contributed by atoms with Gasteiger partial charge in [-0.1, -0.05) is 39.7 Å². The Morgan fingerprint density at radius 2 is 1.96 bits per heavy atom. The summed E-state index contributed by atoms with van der Waals surface area (Å²) in [7, 11) is 0. The van der Waals surface area contributed by atoms with Crippen molar-refractivity contribution in [3.63, 3.8) is 0 Å². The average molecular weight is 395 g/mol. The molecule has 0 aliphatic rings. The smallest absolute Gasteiger partial charge is 0.335 e. The Bertz CT molecular complexity index is 802. The van der Waals surface area contributed by atoms with Crippen molar-refractivity contribution in [2.45, 2.75) is 6.92 Å². The van der Waals surface area contributed by atoms with E-state index in [2.05, 4.69) is 21.2 Å². The average Bonchev–Trinajstić information content (AvgIpc) is 2.49. The van der Waals surface area contributed by atoms with Crippen LogP contribution in [-0.4, -0.2) is 17.0 Å². The van der Waals surface area contributed by atoms with Gasteiger partial charge in [0.05, 0.1) is 16.3 Å². The van der Waals surface area contributed by atoms with Gasteiger partial charge in [0, 0.05) is 10.0 Å². The van der Waals surface area contributed by atoms with Crippen LogP contribution in [-0.2, 0) is 4.79 Å². The number of benzene rings is 2. The SMILES string of the molecule is CC(=Cc1cccc(Br)c1)C(=O)Nc1cc(C(=O)O)ccc1Cl. The number of hydrogen-bond donors (Lipinski definition) is 2. The Hall–Kier alpha value is -2.11. The van der Waals surface area contributed by atoms with Crippen LogP contribution in [0.15, 0.2) is 52.5 Å². The minimum absolute atomic E-state index is 0.0540. The summed E-state index contributed by atoms with van der Waals surface area (Å²) in [6.07, 6.45) is 1.73. The highest BCUT2D eigenvalue weighted by atomic mass is 79.9. The van der Waals surface area contributed by atoms with Gasteiger partial charge in [0.2, 0.25) is 0 Å². The van der Waals surface area contributed by atoms with Crippen molar-refractivity contribution in [2.75, 3.05) is 5.32 Å². The van der Waals surface area contributed by atoms with Crippen molar-refractivity contribution in [3.05, 3.63) is 68.7 Å². The van der Waals surface area contributed by atoms with Crippen molar-refractivity contribution < 1.29 is 14.7 Å². The zero-order valence-corrected chi connectivity index (χ0v) is 14.5. The van der Waals surface area contributed by atoms with Crippen LogP contribution in [0.3, 0.4) is 0 Å². The Morgan fingerprint density at radius 3 is 2.61 bits per heavy atom. The molecule has 2 aromatic carbocycles. The number of carbonyl (C=O) groups is 2. The largest absolute Gasteiger partial charge is 0.478 e. The summed E-state index contributed by atoms with van der Waals surface area (Å²) in [6.45, 7) is 1.67. The van der Waals surface area contributed by atoms with Gasteiger partial charge in [0.15, 0.2) is 0 Å². The van der Waals surface area contributed by atoms with E-state index in [1.54, 1.807) is 13.0 Å². The molecule has 0 aliphatic carbocycles. The van der Waals surface area contributed by atoms with E-state index in [1.807, 2.05) is 24.3 Å². The summed E-state index contributed by atoms with van der Waals surface area (Å²) in [5.74, 6) is -1.44. The second-order valence-corrected chi connectivity index (χ2v) is 6.16. The van der Waals surface area contributed by atoms with Crippen molar-refractivity contribution in [2.24, 2.45) is 0 Å². The third-order valence-electron chi connectivity index (χ3n) is 3.05. The number of carboxylic acids is 1. The van der Waals surface area contributed by atoms with Crippen LogP contribution in [0.4, 0.5) is 5.69 Å². The number of halogens is 2. The minimum atomic E-state index is -1.08. The van der Waals surface area contributed by atoms with Gasteiger partial charge in [0.1, 0.15) is 0 Å². The minimum Gasteiger partial charge on any atom is -0.478 e. The number of nitrogens with one attached hydrogen (secondary N) is 1. The van der Waals surface area contributed by atoms with Gasteiger partial charge in [-0.25, -0.2) is 4.79 Å². The maximum Gasteiger partial charge on any atom is 0.335 e. The number of carbonyl (C=O) groups excluding carboxylic acids is 1. The van der Waals surface area contributed by atoms with Crippen molar-refractivity contribution in [1.29, 1.82) is 0 Å². The van der Waals surface area contributed by atoms with Crippen molar-refractivity contribution in [3.8, 4) is 0 Å². The van der Waals surface area contributed by atoms with Crippen LogP contribution < -0.4 is 5.32 Å². The van der Waals surface area contributed by atoms with Gasteiger partial charge in [-0.15, -0.1) is 0 Å². The lowest BCUT2D eigenvalue weighted by Gasteiger charge is -2.08. The van der Waals surface area contributed by atoms with Crippen molar-refractivity contribution in [1.82, 2.24) is 0 Å². The monoisotopic (exact) mass is 393 g/mol. The Balaban J connectivity index is 2.21. The molecule has 0 heterocycles. The Kier molecular flexibility index (Phi) is 5.58. The molecule has 0 bridgehead atoms. The number of carboxylic acid groups (broad SMARTS) is 1. The molecule has 2 aromatic rings. The summed E-state index contributed by atoms with van der Waals surface area (Å²) < 4.78 is 0.914. The number of amides is 1. The van der Waals surface area contributed by atoms with E-state index in [1.165, 1.54) is 18.2 Å². The molecule has 0 atom stereocenters. The summed E-state index contributed by atoms with van der Waals surface area (Å²) in [5.41, 5.74) is 1.66. The molecule has 118 valence electrons. The number of hydrogen-bond acceptors (Lipinski definition) is 2. The van der Waals surface area contributed by atoms with Gasteiger partial charge in [-0.05, 0) is 48.9 Å². The van der Waals surface area contributed by atoms with Crippen LogP contribution in [0.25, 0.3) is 6.08 Å². The van der Waals surface area contributed by atoms with Crippen LogP contribution in [0.2, 0.25) is 5.02 Å². The molecule has 6 heteroatoms. The van der Waals surface area contributed by atoms with Gasteiger partial charge in [-0.3, -0.25) is 4.79 Å². The van der Waals surface area contributed by atoms with E-state index in [0.29, 0.717) is 5.57 Å². The second kappa shape index (κ2) is 7.44. The van der Waals surface area contributed by atoms with Crippen LogP contribution in [0.1, 0.15) is 22.8 Å². The maximum atomic E-state index is 12.2. The van der Waals surface area contributed by atoms with Gasteiger partial charge < -0.3 is 10.4 Å². The quantitative estimate of drug-likeness (QED) is 0.729. The van der Waals surface area contributed by atoms with E-state index in [0.717, 1.165) is 10.0 Å². The standard InChI is InChI=1S/C17H13BrClNO3/c1-10(7-11-3-2-4-13(18)8-11)16(21)20-15-9-12(17(22)23)5-6-14(15)19/h2-9H,1H3,(H,20,21)(H,22,23). The van der Waals surface area contributed by atoms with E-state index in [9.17, 15) is 9.59 Å². The third kappa shape index (κ3) is 4.68. The van der Waals surface area contributed by atoms with Gasteiger partial charge >= 0.3 is 5.97 Å². The van der Waals surface area contributed by atoms with E-state index >= 15 is 0 Å². The molecule has 0 radical (unpaired) electrons. The molecule has 0 spiro atoms. The number of anilines is 1. The summed E-state index contributed by atoms with van der Waals surface area (Å²) in [6, 6.07) is 11.7. The topological polar surface area (TPSA) is 66.4 Å². The first-order chi connectivity index (χ1) is 10.9. The molecule has 23 heavy (non-hydrogen) atoms. The van der Waals surface area contributed by atoms with E-state index < -0.39 is 5.97 Å². The van der Waals surface area contributed by atoms with Crippen molar-refractivity contribution >= 4 is 51.2 Å². The lowest BCUT2D eigenvalue weighted by Crippen LogP contribution is -2.13. The fourth-order valence-electron chi connectivity index (χ4n) is 1.89. The number of rotatable bonds is 4. The van der Waals surface area contributed by atoms with E-state index in [4.69, 9.17) is 16.7 Å².